The van der Waals surface area contributed by atoms with Gasteiger partial charge in [0.1, 0.15) is 5.82 Å². The molecule has 0 radical (unpaired) electrons. The summed E-state index contributed by atoms with van der Waals surface area (Å²) in [6.07, 6.45) is 0. The predicted octanol–water partition coefficient (Wildman–Crippen LogP) is 3.12. The Morgan fingerprint density at radius 2 is 2.08 bits per heavy atom. The number of rotatable bonds is 4. The zero-order valence-electron chi connectivity index (χ0n) is 13.8. The lowest BCUT2D eigenvalue weighted by Crippen LogP contribution is -2.44. The van der Waals surface area contributed by atoms with Gasteiger partial charge in [-0.2, -0.15) is 0 Å². The predicted molar refractivity (Wildman–Crippen MR) is 105 cm³/mol. The Hall–Kier alpha value is -2.65. The van der Waals surface area contributed by atoms with Gasteiger partial charge in [-0.25, -0.2) is 9.37 Å². The second kappa shape index (κ2) is 8.15. The Labute approximate surface area is 158 Å². The molecule has 1 amide bonds. The highest BCUT2D eigenvalue weighted by Crippen LogP contribution is 2.18. The normalized spacial score (nSPS) is 10.5. The van der Waals surface area contributed by atoms with Crippen molar-refractivity contribution < 1.29 is 9.18 Å². The van der Waals surface area contributed by atoms with E-state index in [4.69, 9.17) is 12.2 Å². The van der Waals surface area contributed by atoms with Crippen molar-refractivity contribution in [3.05, 3.63) is 53.8 Å². The largest absolute Gasteiger partial charge is 0.333 e. The average Bonchev–Trinajstić information content (AvgIpc) is 3.04. The Morgan fingerprint density at radius 3 is 2.85 bits per heavy atom. The zero-order chi connectivity index (χ0) is 18.5. The second-order valence-electron chi connectivity index (χ2n) is 5.44. The number of aromatic amines is 1. The van der Waals surface area contributed by atoms with Crippen LogP contribution in [0.2, 0.25) is 0 Å². The summed E-state index contributed by atoms with van der Waals surface area (Å²) in [7, 11) is 0. The Morgan fingerprint density at radius 1 is 1.27 bits per heavy atom. The van der Waals surface area contributed by atoms with Crippen LogP contribution in [-0.4, -0.2) is 26.7 Å². The molecule has 4 N–H and O–H groups in total. The third kappa shape index (κ3) is 4.70. The van der Waals surface area contributed by atoms with Gasteiger partial charge in [0.2, 0.25) is 5.91 Å². The highest BCUT2D eigenvalue weighted by atomic mass is 32.2. The van der Waals surface area contributed by atoms with Gasteiger partial charge in [0.25, 0.3) is 0 Å². The smallest absolute Gasteiger partial charge is 0.248 e. The molecule has 0 atom stereocenters. The standard InChI is InChI=1S/C17H16FN5OS2/c1-10-6-7-11(8-12(10)18)19-16(25)23-22-15(24)9-26-17-20-13-4-2-3-5-14(13)21-17/h2-8H,9H2,1H3,(H,20,21)(H,22,24)(H2,19,23,25). The molecule has 0 aliphatic heterocycles. The number of thioether (sulfide) groups is 1. The summed E-state index contributed by atoms with van der Waals surface area (Å²) in [6, 6.07) is 12.3. The number of aryl methyl sites for hydroxylation is 1. The van der Waals surface area contributed by atoms with Crippen LogP contribution in [-0.2, 0) is 4.79 Å². The molecule has 3 rings (SSSR count). The van der Waals surface area contributed by atoms with Crippen molar-refractivity contribution in [1.82, 2.24) is 20.8 Å². The van der Waals surface area contributed by atoms with Gasteiger partial charge in [0, 0.05) is 5.69 Å². The van der Waals surface area contributed by atoms with Crippen molar-refractivity contribution >= 4 is 51.7 Å². The van der Waals surface area contributed by atoms with Crippen molar-refractivity contribution in [2.45, 2.75) is 12.1 Å². The SMILES string of the molecule is Cc1ccc(NC(=S)NNC(=O)CSc2nc3ccccc3[nH]2)cc1F. The minimum atomic E-state index is -0.330. The number of para-hydroxylation sites is 2. The van der Waals surface area contributed by atoms with Crippen LogP contribution in [0.15, 0.2) is 47.6 Å². The molecule has 134 valence electrons. The molecule has 9 heteroatoms. The van der Waals surface area contributed by atoms with Crippen molar-refractivity contribution in [1.29, 1.82) is 0 Å². The fourth-order valence-electron chi connectivity index (χ4n) is 2.13. The number of anilines is 1. The summed E-state index contributed by atoms with van der Waals surface area (Å²) in [5, 5.41) is 3.62. The van der Waals surface area contributed by atoms with E-state index in [2.05, 4.69) is 26.1 Å². The summed E-state index contributed by atoms with van der Waals surface area (Å²) < 4.78 is 13.5. The number of thiocarbonyl (C=S) groups is 1. The van der Waals surface area contributed by atoms with Crippen molar-refractivity contribution in [3.63, 3.8) is 0 Å². The number of carbonyl (C=O) groups excluding carboxylic acids is 1. The van der Waals surface area contributed by atoms with Crippen molar-refractivity contribution in [3.8, 4) is 0 Å². The summed E-state index contributed by atoms with van der Waals surface area (Å²) in [4.78, 5) is 19.4. The number of hydrogen-bond acceptors (Lipinski definition) is 4. The lowest BCUT2D eigenvalue weighted by molar-refractivity contribution is -0.119. The zero-order valence-corrected chi connectivity index (χ0v) is 15.4. The molecule has 0 spiro atoms. The number of nitrogens with zero attached hydrogens (tertiary/aromatic N) is 1. The fourth-order valence-corrected chi connectivity index (χ4v) is 2.98. The van der Waals surface area contributed by atoms with Crippen molar-refractivity contribution in [2.75, 3.05) is 11.1 Å². The number of amides is 1. The minimum Gasteiger partial charge on any atom is -0.333 e. The molecule has 0 fully saturated rings. The first-order valence-electron chi connectivity index (χ1n) is 7.71. The van der Waals surface area contributed by atoms with Gasteiger partial charge >= 0.3 is 0 Å². The molecule has 0 saturated carbocycles. The number of hydrogen-bond donors (Lipinski definition) is 4. The Kier molecular flexibility index (Phi) is 5.69. The molecule has 6 nitrogen and oxygen atoms in total. The minimum absolute atomic E-state index is 0.161. The first-order valence-corrected chi connectivity index (χ1v) is 9.10. The van der Waals surface area contributed by atoms with Gasteiger partial charge in [0.15, 0.2) is 10.3 Å². The molecule has 26 heavy (non-hydrogen) atoms. The number of halogens is 1. The lowest BCUT2D eigenvalue weighted by Gasteiger charge is -2.11. The highest BCUT2D eigenvalue weighted by molar-refractivity contribution is 7.99. The summed E-state index contributed by atoms with van der Waals surface area (Å²) in [6.45, 7) is 1.68. The van der Waals surface area contributed by atoms with Gasteiger partial charge in [-0.1, -0.05) is 30.0 Å². The third-order valence-electron chi connectivity index (χ3n) is 3.45. The van der Waals surface area contributed by atoms with E-state index in [9.17, 15) is 9.18 Å². The molecule has 0 unspecified atom stereocenters. The third-order valence-corrected chi connectivity index (χ3v) is 4.53. The molecule has 0 aliphatic rings. The first-order chi connectivity index (χ1) is 12.5. The number of carbonyl (C=O) groups is 1. The van der Waals surface area contributed by atoms with Crippen LogP contribution in [0.1, 0.15) is 5.56 Å². The number of nitrogens with one attached hydrogen (secondary N) is 4. The van der Waals surface area contributed by atoms with Gasteiger partial charge in [-0.15, -0.1) is 0 Å². The van der Waals surface area contributed by atoms with E-state index < -0.39 is 0 Å². The van der Waals surface area contributed by atoms with E-state index in [-0.39, 0.29) is 22.6 Å². The number of fused-ring (bicyclic) bond motifs is 1. The van der Waals surface area contributed by atoms with E-state index in [1.54, 1.807) is 19.1 Å². The maximum absolute atomic E-state index is 13.5. The Balaban J connectivity index is 1.44. The van der Waals surface area contributed by atoms with E-state index in [0.717, 1.165) is 11.0 Å². The van der Waals surface area contributed by atoms with Crippen LogP contribution in [0.5, 0.6) is 0 Å². The molecule has 1 aromatic heterocycles. The maximum Gasteiger partial charge on any atom is 0.248 e. The van der Waals surface area contributed by atoms with Crippen LogP contribution in [0.4, 0.5) is 10.1 Å². The van der Waals surface area contributed by atoms with Gasteiger partial charge in [-0.05, 0) is 49.0 Å². The van der Waals surface area contributed by atoms with Crippen LogP contribution >= 0.6 is 24.0 Å². The number of aromatic nitrogens is 2. The second-order valence-corrected chi connectivity index (χ2v) is 6.81. The highest BCUT2D eigenvalue weighted by Gasteiger charge is 2.07. The van der Waals surface area contributed by atoms with E-state index in [1.165, 1.54) is 17.8 Å². The molecular weight excluding hydrogens is 373 g/mol. The number of hydrazine groups is 1. The molecule has 1 heterocycles. The van der Waals surface area contributed by atoms with Gasteiger partial charge in [-0.3, -0.25) is 15.6 Å². The summed E-state index contributed by atoms with van der Waals surface area (Å²) in [5.74, 6) is -0.437. The number of benzene rings is 2. The maximum atomic E-state index is 13.5. The average molecular weight is 389 g/mol. The van der Waals surface area contributed by atoms with Gasteiger partial charge < -0.3 is 10.3 Å². The first kappa shape index (κ1) is 18.2. The van der Waals surface area contributed by atoms with E-state index in [0.29, 0.717) is 16.4 Å². The van der Waals surface area contributed by atoms with Crippen LogP contribution in [0, 0.1) is 12.7 Å². The molecule has 3 aromatic rings. The van der Waals surface area contributed by atoms with Crippen LogP contribution in [0.3, 0.4) is 0 Å². The Bertz CT molecular complexity index is 926. The van der Waals surface area contributed by atoms with E-state index >= 15 is 0 Å². The summed E-state index contributed by atoms with van der Waals surface area (Å²) in [5.41, 5.74) is 7.88. The fraction of sp³-hybridized carbons (Fsp3) is 0.118. The molecular formula is C17H16FN5OS2. The van der Waals surface area contributed by atoms with Crippen molar-refractivity contribution in [2.24, 2.45) is 0 Å². The lowest BCUT2D eigenvalue weighted by atomic mass is 10.2. The number of H-pyrrole nitrogens is 1. The number of imidazole rings is 1. The molecule has 0 bridgehead atoms. The molecule has 0 saturated heterocycles. The monoisotopic (exact) mass is 389 g/mol. The van der Waals surface area contributed by atoms with Gasteiger partial charge in [0.05, 0.1) is 16.8 Å². The topological polar surface area (TPSA) is 81.8 Å². The summed E-state index contributed by atoms with van der Waals surface area (Å²) >= 11 is 6.35. The molecule has 0 aliphatic carbocycles. The van der Waals surface area contributed by atoms with Crippen LogP contribution in [0.25, 0.3) is 11.0 Å². The molecule has 2 aromatic carbocycles. The quantitative estimate of drug-likeness (QED) is 0.312. The van der Waals surface area contributed by atoms with E-state index in [1.807, 2.05) is 24.3 Å². The van der Waals surface area contributed by atoms with Crippen LogP contribution < -0.4 is 16.2 Å².